The van der Waals surface area contributed by atoms with Crippen LogP contribution < -0.4 is 5.73 Å². The minimum absolute atomic E-state index is 0.174. The van der Waals surface area contributed by atoms with E-state index in [2.05, 4.69) is 9.80 Å². The van der Waals surface area contributed by atoms with E-state index in [4.69, 9.17) is 5.73 Å². The lowest BCUT2D eigenvalue weighted by molar-refractivity contribution is 0.214. The van der Waals surface area contributed by atoms with Crippen molar-refractivity contribution in [3.63, 3.8) is 0 Å². The Kier molecular flexibility index (Phi) is 3.71. The molecule has 19 heavy (non-hydrogen) atoms. The molecule has 1 aromatic carbocycles. The largest absolute Gasteiger partial charge is 0.398 e. The number of fused-ring (bicyclic) bond motifs is 1. The second-order valence-corrected chi connectivity index (χ2v) is 5.73. The standard InChI is InChI=1S/C15H22FN3/c16-14-5-1-6-15(17)13(14)11-18-7-3-9-19-8-2-4-12(19)10-18/h1,5-6,12H,2-4,7-11,17H2. The summed E-state index contributed by atoms with van der Waals surface area (Å²) in [4.78, 5) is 4.95. The Morgan fingerprint density at radius 1 is 1.21 bits per heavy atom. The van der Waals surface area contributed by atoms with Crippen molar-refractivity contribution < 1.29 is 4.39 Å². The maximum absolute atomic E-state index is 13.9. The van der Waals surface area contributed by atoms with Crippen LogP contribution in [0.25, 0.3) is 0 Å². The number of nitrogen functional groups attached to an aromatic ring is 1. The summed E-state index contributed by atoms with van der Waals surface area (Å²) in [6.45, 7) is 5.16. The molecule has 0 amide bonds. The van der Waals surface area contributed by atoms with Gasteiger partial charge in [-0.1, -0.05) is 6.07 Å². The second-order valence-electron chi connectivity index (χ2n) is 5.73. The summed E-state index contributed by atoms with van der Waals surface area (Å²) < 4.78 is 13.9. The molecule has 1 atom stereocenters. The van der Waals surface area contributed by atoms with Crippen molar-refractivity contribution in [1.82, 2.24) is 9.80 Å². The van der Waals surface area contributed by atoms with Gasteiger partial charge >= 0.3 is 0 Å². The highest BCUT2D eigenvalue weighted by Gasteiger charge is 2.29. The quantitative estimate of drug-likeness (QED) is 0.829. The molecule has 4 heteroatoms. The van der Waals surface area contributed by atoms with Gasteiger partial charge in [0.15, 0.2) is 0 Å². The first-order valence-corrected chi connectivity index (χ1v) is 7.23. The third-order valence-corrected chi connectivity index (χ3v) is 4.42. The lowest BCUT2D eigenvalue weighted by atomic mass is 10.1. The molecule has 2 aliphatic rings. The summed E-state index contributed by atoms with van der Waals surface area (Å²) in [5, 5.41) is 0. The molecule has 3 nitrogen and oxygen atoms in total. The van der Waals surface area contributed by atoms with E-state index >= 15 is 0 Å². The smallest absolute Gasteiger partial charge is 0.129 e. The molecule has 2 aliphatic heterocycles. The molecule has 104 valence electrons. The first kappa shape index (κ1) is 12.9. The summed E-state index contributed by atoms with van der Waals surface area (Å²) in [6.07, 6.45) is 3.76. The highest BCUT2D eigenvalue weighted by Crippen LogP contribution is 2.24. The molecule has 0 saturated carbocycles. The maximum Gasteiger partial charge on any atom is 0.129 e. The SMILES string of the molecule is Nc1cccc(F)c1CN1CCCN2CCCC2C1. The number of hydrogen-bond acceptors (Lipinski definition) is 3. The van der Waals surface area contributed by atoms with Gasteiger partial charge in [0.2, 0.25) is 0 Å². The van der Waals surface area contributed by atoms with Crippen LogP contribution in [0.1, 0.15) is 24.8 Å². The van der Waals surface area contributed by atoms with Crippen LogP contribution in [0.2, 0.25) is 0 Å². The third-order valence-electron chi connectivity index (χ3n) is 4.42. The summed E-state index contributed by atoms with van der Waals surface area (Å²) >= 11 is 0. The van der Waals surface area contributed by atoms with E-state index < -0.39 is 0 Å². The Morgan fingerprint density at radius 3 is 2.89 bits per heavy atom. The van der Waals surface area contributed by atoms with Gasteiger partial charge in [0.05, 0.1) is 0 Å². The Labute approximate surface area is 114 Å². The Bertz CT molecular complexity index is 429. The van der Waals surface area contributed by atoms with Crippen LogP contribution in [0.4, 0.5) is 10.1 Å². The molecule has 2 heterocycles. The maximum atomic E-state index is 13.9. The number of rotatable bonds is 2. The molecule has 3 rings (SSSR count). The average molecular weight is 263 g/mol. The highest BCUT2D eigenvalue weighted by atomic mass is 19.1. The lowest BCUT2D eigenvalue weighted by Crippen LogP contribution is -2.36. The number of anilines is 1. The lowest BCUT2D eigenvalue weighted by Gasteiger charge is -2.26. The van der Waals surface area contributed by atoms with Gasteiger partial charge in [-0.2, -0.15) is 0 Å². The van der Waals surface area contributed by atoms with Gasteiger partial charge in [0, 0.05) is 30.4 Å². The van der Waals surface area contributed by atoms with Crippen molar-refractivity contribution in [3.05, 3.63) is 29.6 Å². The average Bonchev–Trinajstić information content (AvgIpc) is 2.73. The number of benzene rings is 1. The third kappa shape index (κ3) is 2.74. The minimum atomic E-state index is -0.174. The van der Waals surface area contributed by atoms with E-state index in [9.17, 15) is 4.39 Å². The van der Waals surface area contributed by atoms with Crippen molar-refractivity contribution in [2.24, 2.45) is 0 Å². The molecule has 0 spiro atoms. The molecule has 0 radical (unpaired) electrons. The van der Waals surface area contributed by atoms with Gasteiger partial charge < -0.3 is 5.73 Å². The zero-order valence-electron chi connectivity index (χ0n) is 11.3. The summed E-state index contributed by atoms with van der Waals surface area (Å²) in [7, 11) is 0. The van der Waals surface area contributed by atoms with Crippen molar-refractivity contribution in [3.8, 4) is 0 Å². The fourth-order valence-corrected chi connectivity index (χ4v) is 3.39. The van der Waals surface area contributed by atoms with Gasteiger partial charge in [-0.15, -0.1) is 0 Å². The normalized spacial score (nSPS) is 25.2. The van der Waals surface area contributed by atoms with Gasteiger partial charge in [-0.05, 0) is 51.0 Å². The van der Waals surface area contributed by atoms with Crippen LogP contribution in [0.15, 0.2) is 18.2 Å². The van der Waals surface area contributed by atoms with Crippen molar-refractivity contribution in [2.75, 3.05) is 31.9 Å². The molecule has 1 aromatic rings. The van der Waals surface area contributed by atoms with E-state index in [1.165, 1.54) is 38.4 Å². The fraction of sp³-hybridized carbons (Fsp3) is 0.600. The monoisotopic (exact) mass is 263 g/mol. The number of nitrogens with two attached hydrogens (primary N) is 1. The highest BCUT2D eigenvalue weighted by molar-refractivity contribution is 5.47. The van der Waals surface area contributed by atoms with Gasteiger partial charge in [0.25, 0.3) is 0 Å². The Hall–Kier alpha value is -1.13. The number of nitrogens with zero attached hydrogens (tertiary/aromatic N) is 2. The minimum Gasteiger partial charge on any atom is -0.398 e. The predicted molar refractivity (Wildman–Crippen MR) is 75.3 cm³/mol. The van der Waals surface area contributed by atoms with E-state index in [0.29, 0.717) is 23.8 Å². The van der Waals surface area contributed by atoms with Crippen LogP contribution in [-0.4, -0.2) is 42.0 Å². The van der Waals surface area contributed by atoms with Crippen molar-refractivity contribution in [2.45, 2.75) is 31.8 Å². The summed E-state index contributed by atoms with van der Waals surface area (Å²) in [6, 6.07) is 5.63. The van der Waals surface area contributed by atoms with Crippen molar-refractivity contribution in [1.29, 1.82) is 0 Å². The predicted octanol–water partition coefficient (Wildman–Crippen LogP) is 2.08. The molecule has 1 unspecified atom stereocenters. The second kappa shape index (κ2) is 5.47. The van der Waals surface area contributed by atoms with E-state index in [1.54, 1.807) is 12.1 Å². The first-order chi connectivity index (χ1) is 9.24. The summed E-state index contributed by atoms with van der Waals surface area (Å²) in [5.74, 6) is -0.174. The first-order valence-electron chi connectivity index (χ1n) is 7.23. The van der Waals surface area contributed by atoms with Crippen LogP contribution >= 0.6 is 0 Å². The molecule has 0 aliphatic carbocycles. The summed E-state index contributed by atoms with van der Waals surface area (Å²) in [5.41, 5.74) is 7.14. The fourth-order valence-electron chi connectivity index (χ4n) is 3.39. The molecule has 2 N–H and O–H groups in total. The Balaban J connectivity index is 1.72. The van der Waals surface area contributed by atoms with Crippen LogP contribution in [0.3, 0.4) is 0 Å². The topological polar surface area (TPSA) is 32.5 Å². The molecule has 0 bridgehead atoms. The van der Waals surface area contributed by atoms with E-state index in [1.807, 2.05) is 0 Å². The molecule has 2 saturated heterocycles. The van der Waals surface area contributed by atoms with E-state index in [-0.39, 0.29) is 5.82 Å². The molecular formula is C15H22FN3. The van der Waals surface area contributed by atoms with Gasteiger partial charge in [-0.3, -0.25) is 9.80 Å². The molecule has 0 aromatic heterocycles. The molecule has 2 fully saturated rings. The van der Waals surface area contributed by atoms with Crippen LogP contribution in [0.5, 0.6) is 0 Å². The van der Waals surface area contributed by atoms with Crippen LogP contribution in [0, 0.1) is 5.82 Å². The zero-order chi connectivity index (χ0) is 13.2. The van der Waals surface area contributed by atoms with Gasteiger partial charge in [-0.25, -0.2) is 4.39 Å². The van der Waals surface area contributed by atoms with Crippen molar-refractivity contribution >= 4 is 5.69 Å². The van der Waals surface area contributed by atoms with Gasteiger partial charge in [0.1, 0.15) is 5.82 Å². The number of hydrogen-bond donors (Lipinski definition) is 1. The number of halogens is 1. The van der Waals surface area contributed by atoms with Crippen LogP contribution in [-0.2, 0) is 6.54 Å². The zero-order valence-corrected chi connectivity index (χ0v) is 11.3. The molecular weight excluding hydrogens is 241 g/mol. The van der Waals surface area contributed by atoms with E-state index in [0.717, 1.165) is 13.1 Å². The Morgan fingerprint density at radius 2 is 2.05 bits per heavy atom.